The first-order valence-corrected chi connectivity index (χ1v) is 14.1. The largest absolute Gasteiger partial charge is 0.508 e. The molecule has 0 radical (unpaired) electrons. The first-order valence-electron chi connectivity index (χ1n) is 14.1. The van der Waals surface area contributed by atoms with Crippen molar-refractivity contribution in [2.24, 2.45) is 0 Å². The predicted molar refractivity (Wildman–Crippen MR) is 161 cm³/mol. The van der Waals surface area contributed by atoms with E-state index in [-0.39, 0.29) is 24.6 Å². The topological polar surface area (TPSA) is 108 Å². The summed E-state index contributed by atoms with van der Waals surface area (Å²) in [6.45, 7) is 13.2. The van der Waals surface area contributed by atoms with Crippen LogP contribution < -0.4 is 10.6 Å². The van der Waals surface area contributed by atoms with Crippen LogP contribution in [-0.4, -0.2) is 51.6 Å². The van der Waals surface area contributed by atoms with Crippen LogP contribution in [0.4, 0.5) is 4.79 Å². The molecule has 0 aromatic heterocycles. The van der Waals surface area contributed by atoms with Crippen LogP contribution in [0.3, 0.4) is 0 Å². The van der Waals surface area contributed by atoms with E-state index >= 15 is 0 Å². The Labute approximate surface area is 244 Å². The van der Waals surface area contributed by atoms with Gasteiger partial charge < -0.3 is 25.4 Å². The van der Waals surface area contributed by atoms with Gasteiger partial charge in [0, 0.05) is 24.1 Å². The number of nitrogens with one attached hydrogen (secondary N) is 2. The molecule has 2 unspecified atom stereocenters. The van der Waals surface area contributed by atoms with Crippen LogP contribution in [0.15, 0.2) is 48.5 Å². The maximum Gasteiger partial charge on any atom is 0.408 e. The number of alkyl carbamates (subject to hydrolysis) is 1. The molecule has 3 N–H and O–H groups in total. The minimum absolute atomic E-state index is 0.0859. The van der Waals surface area contributed by atoms with E-state index in [0.29, 0.717) is 23.1 Å². The van der Waals surface area contributed by atoms with E-state index < -0.39 is 35.2 Å². The number of hydrogen-bond donors (Lipinski definition) is 3. The molecule has 0 aliphatic carbocycles. The Morgan fingerprint density at radius 3 is 2.20 bits per heavy atom. The quantitative estimate of drug-likeness (QED) is 0.248. The Bertz CT molecular complexity index is 1220. The summed E-state index contributed by atoms with van der Waals surface area (Å²) in [5.74, 6) is 1.93. The maximum absolute atomic E-state index is 14.5. The lowest BCUT2D eigenvalue weighted by Gasteiger charge is -2.36. The molecule has 8 nitrogen and oxygen atoms in total. The minimum Gasteiger partial charge on any atom is -0.508 e. The van der Waals surface area contributed by atoms with E-state index in [1.807, 2.05) is 20.8 Å². The molecule has 2 rings (SSSR count). The molecule has 0 aliphatic heterocycles. The molecule has 2 aromatic rings. The summed E-state index contributed by atoms with van der Waals surface area (Å²) in [5.41, 5.74) is 0.397. The van der Waals surface area contributed by atoms with Gasteiger partial charge in [0.1, 0.15) is 23.4 Å². The predicted octanol–water partition coefficient (Wildman–Crippen LogP) is 5.48. The first-order chi connectivity index (χ1) is 19.1. The molecule has 0 heterocycles. The number of unbranched alkanes of at least 4 members (excludes halogenated alkanes) is 2. The second-order valence-electron chi connectivity index (χ2n) is 12.2. The van der Waals surface area contributed by atoms with Gasteiger partial charge in [-0.2, -0.15) is 0 Å². The second-order valence-corrected chi connectivity index (χ2v) is 12.2. The third-order valence-electron chi connectivity index (χ3n) is 6.12. The lowest BCUT2D eigenvalue weighted by atomic mass is 9.95. The summed E-state index contributed by atoms with van der Waals surface area (Å²) < 4.78 is 5.48. The lowest BCUT2D eigenvalue weighted by Crippen LogP contribution is -2.55. The van der Waals surface area contributed by atoms with Crippen molar-refractivity contribution in [1.29, 1.82) is 0 Å². The summed E-state index contributed by atoms with van der Waals surface area (Å²) in [6.07, 6.45) is 7.61. The highest BCUT2D eigenvalue weighted by Gasteiger charge is 2.38. The van der Waals surface area contributed by atoms with E-state index in [0.717, 1.165) is 12.8 Å². The van der Waals surface area contributed by atoms with E-state index in [1.54, 1.807) is 57.2 Å². The summed E-state index contributed by atoms with van der Waals surface area (Å²) in [5, 5.41) is 15.5. The fraction of sp³-hybridized carbons (Fsp3) is 0.485. The molecule has 0 aliphatic rings. The molecule has 2 aromatic carbocycles. The fourth-order valence-corrected chi connectivity index (χ4v) is 4.37. The molecule has 2 atom stereocenters. The molecule has 0 fully saturated rings. The molecule has 41 heavy (non-hydrogen) atoms. The number of phenols is 1. The summed E-state index contributed by atoms with van der Waals surface area (Å²) in [6, 6.07) is 11.4. The Hall–Kier alpha value is -3.99. The van der Waals surface area contributed by atoms with Crippen LogP contribution in [0.1, 0.15) is 90.5 Å². The summed E-state index contributed by atoms with van der Waals surface area (Å²) >= 11 is 0. The number of carbonyl (C=O) groups is 3. The van der Waals surface area contributed by atoms with Crippen molar-refractivity contribution < 1.29 is 24.2 Å². The van der Waals surface area contributed by atoms with Crippen molar-refractivity contribution in [1.82, 2.24) is 15.5 Å². The van der Waals surface area contributed by atoms with Crippen molar-refractivity contribution in [2.75, 3.05) is 6.54 Å². The Morgan fingerprint density at radius 2 is 1.63 bits per heavy atom. The van der Waals surface area contributed by atoms with Crippen LogP contribution >= 0.6 is 0 Å². The van der Waals surface area contributed by atoms with Gasteiger partial charge in [-0.3, -0.25) is 9.59 Å². The average molecular weight is 564 g/mol. The SMILES string of the molecule is C#Cc1ccccc1C(C(=O)NC(C)(C)C)N(CCCCC)C(=O)C(Cc1ccc(O)cc1)NC(=O)OC(C)(C)C. The molecule has 8 heteroatoms. The maximum atomic E-state index is 14.5. The number of rotatable bonds is 11. The standard InChI is InChI=1S/C33H45N3O5/c1-9-11-14-21-36(28(29(38)35-32(3,4)5)26-16-13-12-15-24(26)10-2)30(39)27(34-31(40)41-33(6,7)8)22-23-17-19-25(37)20-18-23/h2,12-13,15-20,27-28,37H,9,11,14,21-22H2,1,3-8H3,(H,34,40)(H,35,38). The zero-order chi connectivity index (χ0) is 30.8. The number of nitrogens with zero attached hydrogens (tertiary/aromatic N) is 1. The van der Waals surface area contributed by atoms with E-state index in [4.69, 9.17) is 11.2 Å². The van der Waals surface area contributed by atoms with Crippen LogP contribution in [-0.2, 0) is 20.7 Å². The highest BCUT2D eigenvalue weighted by molar-refractivity contribution is 5.93. The van der Waals surface area contributed by atoms with Gasteiger partial charge in [0.2, 0.25) is 11.8 Å². The summed E-state index contributed by atoms with van der Waals surface area (Å²) in [7, 11) is 0. The van der Waals surface area contributed by atoms with Gasteiger partial charge in [-0.1, -0.05) is 56.0 Å². The molecule has 0 saturated carbocycles. The molecule has 222 valence electrons. The minimum atomic E-state index is -1.06. The van der Waals surface area contributed by atoms with Gasteiger partial charge in [0.25, 0.3) is 0 Å². The first kappa shape index (κ1) is 33.2. The zero-order valence-corrected chi connectivity index (χ0v) is 25.4. The highest BCUT2D eigenvalue weighted by atomic mass is 16.6. The molecule has 0 saturated heterocycles. The molecular weight excluding hydrogens is 518 g/mol. The van der Waals surface area contributed by atoms with Gasteiger partial charge in [-0.25, -0.2) is 4.79 Å². The highest BCUT2D eigenvalue weighted by Crippen LogP contribution is 2.28. The van der Waals surface area contributed by atoms with Crippen LogP contribution in [0.25, 0.3) is 0 Å². The Balaban J connectivity index is 2.64. The smallest absolute Gasteiger partial charge is 0.408 e. The monoisotopic (exact) mass is 563 g/mol. The third-order valence-corrected chi connectivity index (χ3v) is 6.12. The normalized spacial score (nSPS) is 12.9. The van der Waals surface area contributed by atoms with Gasteiger partial charge in [-0.15, -0.1) is 6.42 Å². The number of carbonyl (C=O) groups excluding carboxylic acids is 3. The Kier molecular flexibility index (Phi) is 11.8. The average Bonchev–Trinajstić information content (AvgIpc) is 2.86. The molecular formula is C33H45N3O5. The second kappa shape index (κ2) is 14.6. The van der Waals surface area contributed by atoms with Gasteiger partial charge in [-0.05, 0) is 77.3 Å². The van der Waals surface area contributed by atoms with Gasteiger partial charge in [0.05, 0.1) is 0 Å². The van der Waals surface area contributed by atoms with E-state index in [2.05, 4.69) is 23.5 Å². The number of benzene rings is 2. The van der Waals surface area contributed by atoms with Crippen molar-refractivity contribution in [3.63, 3.8) is 0 Å². The van der Waals surface area contributed by atoms with Crippen LogP contribution in [0, 0.1) is 12.3 Å². The lowest BCUT2D eigenvalue weighted by molar-refractivity contribution is -0.143. The molecule has 3 amide bonds. The zero-order valence-electron chi connectivity index (χ0n) is 25.4. The molecule has 0 bridgehead atoms. The third kappa shape index (κ3) is 10.8. The van der Waals surface area contributed by atoms with Gasteiger partial charge in [0.15, 0.2) is 0 Å². The molecule has 0 spiro atoms. The van der Waals surface area contributed by atoms with Crippen LogP contribution in [0.2, 0.25) is 0 Å². The number of terminal acetylenes is 1. The van der Waals surface area contributed by atoms with Crippen molar-refractivity contribution in [2.45, 2.75) is 97.4 Å². The van der Waals surface area contributed by atoms with Crippen molar-refractivity contribution in [3.8, 4) is 18.1 Å². The van der Waals surface area contributed by atoms with Crippen molar-refractivity contribution in [3.05, 3.63) is 65.2 Å². The number of aromatic hydroxyl groups is 1. The number of phenolic OH excluding ortho intramolecular Hbond substituents is 1. The number of ether oxygens (including phenoxy) is 1. The fourth-order valence-electron chi connectivity index (χ4n) is 4.37. The summed E-state index contributed by atoms with van der Waals surface area (Å²) in [4.78, 5) is 42.8. The Morgan fingerprint density at radius 1 is 1.00 bits per heavy atom. The van der Waals surface area contributed by atoms with Crippen LogP contribution in [0.5, 0.6) is 5.75 Å². The van der Waals surface area contributed by atoms with E-state index in [1.165, 1.54) is 17.0 Å². The van der Waals surface area contributed by atoms with Crippen molar-refractivity contribution >= 4 is 17.9 Å². The number of hydrogen-bond acceptors (Lipinski definition) is 5. The van der Waals surface area contributed by atoms with E-state index in [9.17, 15) is 19.5 Å². The van der Waals surface area contributed by atoms with Gasteiger partial charge >= 0.3 is 6.09 Å². The number of amides is 3.